The van der Waals surface area contributed by atoms with Gasteiger partial charge in [-0.05, 0) is 43.7 Å². The van der Waals surface area contributed by atoms with Crippen molar-refractivity contribution in [2.24, 2.45) is 0 Å². The summed E-state index contributed by atoms with van der Waals surface area (Å²) in [6.07, 6.45) is 0. The SMILES string of the molecule is CC(C)(C(=O)O)c1ccc(-c2cccc(F)c2)s1. The Labute approximate surface area is 109 Å². The van der Waals surface area contributed by atoms with Gasteiger partial charge in [0.1, 0.15) is 5.82 Å². The molecule has 0 aliphatic rings. The minimum Gasteiger partial charge on any atom is -0.481 e. The highest BCUT2D eigenvalue weighted by Gasteiger charge is 2.31. The van der Waals surface area contributed by atoms with E-state index in [2.05, 4.69) is 0 Å². The Morgan fingerprint density at radius 1 is 1.28 bits per heavy atom. The van der Waals surface area contributed by atoms with Crippen molar-refractivity contribution in [3.63, 3.8) is 0 Å². The predicted octanol–water partition coefficient (Wildman–Crippen LogP) is 3.92. The normalized spacial score (nSPS) is 11.5. The van der Waals surface area contributed by atoms with Gasteiger partial charge in [-0.1, -0.05) is 12.1 Å². The topological polar surface area (TPSA) is 37.3 Å². The fraction of sp³-hybridized carbons (Fsp3) is 0.214. The molecule has 0 spiro atoms. The second-order valence-corrected chi connectivity index (χ2v) is 5.69. The number of hydrogen-bond acceptors (Lipinski definition) is 2. The van der Waals surface area contributed by atoms with Crippen LogP contribution in [0.15, 0.2) is 36.4 Å². The van der Waals surface area contributed by atoms with Crippen molar-refractivity contribution in [2.45, 2.75) is 19.3 Å². The minimum atomic E-state index is -0.920. The Hall–Kier alpha value is -1.68. The number of aliphatic carboxylic acids is 1. The quantitative estimate of drug-likeness (QED) is 0.912. The maximum absolute atomic E-state index is 13.1. The monoisotopic (exact) mass is 264 g/mol. The number of hydrogen-bond donors (Lipinski definition) is 1. The van der Waals surface area contributed by atoms with Crippen molar-refractivity contribution < 1.29 is 14.3 Å². The molecule has 1 heterocycles. The standard InChI is InChI=1S/C14H13FO2S/c1-14(2,13(16)17)12-7-6-11(18-12)9-4-3-5-10(15)8-9/h3-8H,1-2H3,(H,16,17). The smallest absolute Gasteiger partial charge is 0.314 e. The van der Waals surface area contributed by atoms with Gasteiger partial charge in [-0.3, -0.25) is 4.79 Å². The summed E-state index contributed by atoms with van der Waals surface area (Å²) in [5.41, 5.74) is -0.150. The van der Waals surface area contributed by atoms with Crippen LogP contribution in [0.1, 0.15) is 18.7 Å². The van der Waals surface area contributed by atoms with Crippen molar-refractivity contribution >= 4 is 17.3 Å². The Balaban J connectivity index is 2.40. The van der Waals surface area contributed by atoms with E-state index in [1.54, 1.807) is 26.0 Å². The molecule has 18 heavy (non-hydrogen) atoms. The molecule has 0 aliphatic carbocycles. The molecule has 1 aromatic heterocycles. The van der Waals surface area contributed by atoms with Crippen LogP contribution in [0.5, 0.6) is 0 Å². The highest BCUT2D eigenvalue weighted by atomic mass is 32.1. The summed E-state index contributed by atoms with van der Waals surface area (Å²) < 4.78 is 13.1. The molecule has 0 bridgehead atoms. The van der Waals surface area contributed by atoms with Crippen LogP contribution in [0.3, 0.4) is 0 Å². The number of carboxylic acid groups (broad SMARTS) is 1. The van der Waals surface area contributed by atoms with Gasteiger partial charge in [0.05, 0.1) is 5.41 Å². The number of benzene rings is 1. The molecular formula is C14H13FO2S. The summed E-state index contributed by atoms with van der Waals surface area (Å²) in [7, 11) is 0. The molecule has 1 N–H and O–H groups in total. The third-order valence-electron chi connectivity index (χ3n) is 2.87. The lowest BCUT2D eigenvalue weighted by Gasteiger charge is -2.16. The van der Waals surface area contributed by atoms with Gasteiger partial charge in [-0.25, -0.2) is 4.39 Å². The Kier molecular flexibility index (Phi) is 3.22. The van der Waals surface area contributed by atoms with Crippen LogP contribution in [-0.4, -0.2) is 11.1 Å². The zero-order valence-electron chi connectivity index (χ0n) is 10.1. The summed E-state index contributed by atoms with van der Waals surface area (Å²) in [5.74, 6) is -1.16. The molecule has 0 fully saturated rings. The van der Waals surface area contributed by atoms with Gasteiger partial charge in [0, 0.05) is 9.75 Å². The van der Waals surface area contributed by atoms with Gasteiger partial charge in [0.2, 0.25) is 0 Å². The van der Waals surface area contributed by atoms with Gasteiger partial charge in [0.25, 0.3) is 0 Å². The molecule has 2 nitrogen and oxygen atoms in total. The van der Waals surface area contributed by atoms with Crippen LogP contribution in [-0.2, 0) is 10.2 Å². The molecule has 94 valence electrons. The van der Waals surface area contributed by atoms with Gasteiger partial charge in [-0.2, -0.15) is 0 Å². The van der Waals surface area contributed by atoms with E-state index < -0.39 is 11.4 Å². The number of carbonyl (C=O) groups is 1. The van der Waals surface area contributed by atoms with E-state index in [1.165, 1.54) is 23.5 Å². The maximum atomic E-state index is 13.1. The van der Waals surface area contributed by atoms with Crippen molar-refractivity contribution in [3.05, 3.63) is 47.1 Å². The van der Waals surface area contributed by atoms with Gasteiger partial charge < -0.3 is 5.11 Å². The molecule has 2 aromatic rings. The van der Waals surface area contributed by atoms with Crippen molar-refractivity contribution in [3.8, 4) is 10.4 Å². The first kappa shape index (κ1) is 12.8. The Morgan fingerprint density at radius 3 is 2.61 bits per heavy atom. The second kappa shape index (κ2) is 4.53. The fourth-order valence-corrected chi connectivity index (χ4v) is 2.67. The Morgan fingerprint density at radius 2 is 2.00 bits per heavy atom. The van der Waals surface area contributed by atoms with Crippen molar-refractivity contribution in [2.75, 3.05) is 0 Å². The van der Waals surface area contributed by atoms with Crippen molar-refractivity contribution in [1.82, 2.24) is 0 Å². The second-order valence-electron chi connectivity index (χ2n) is 4.60. The van der Waals surface area contributed by atoms with Crippen molar-refractivity contribution in [1.29, 1.82) is 0 Å². The molecule has 0 atom stereocenters. The van der Waals surface area contributed by atoms with E-state index >= 15 is 0 Å². The van der Waals surface area contributed by atoms with Crippen LogP contribution in [0.2, 0.25) is 0 Å². The average Bonchev–Trinajstić information content (AvgIpc) is 2.78. The van der Waals surface area contributed by atoms with E-state index in [-0.39, 0.29) is 5.82 Å². The number of thiophene rings is 1. The molecule has 0 saturated carbocycles. The van der Waals surface area contributed by atoms with E-state index in [4.69, 9.17) is 5.11 Å². The van der Waals surface area contributed by atoms with Crippen LogP contribution in [0.25, 0.3) is 10.4 Å². The predicted molar refractivity (Wildman–Crippen MR) is 70.4 cm³/mol. The highest BCUT2D eigenvalue weighted by Crippen LogP contribution is 2.35. The molecular weight excluding hydrogens is 251 g/mol. The number of rotatable bonds is 3. The molecule has 0 unspecified atom stereocenters. The summed E-state index contributed by atoms with van der Waals surface area (Å²) in [5, 5.41) is 9.17. The van der Waals surface area contributed by atoms with E-state index in [0.717, 1.165) is 15.3 Å². The van der Waals surface area contributed by atoms with Crippen LogP contribution >= 0.6 is 11.3 Å². The van der Waals surface area contributed by atoms with E-state index in [1.807, 2.05) is 12.1 Å². The zero-order chi connectivity index (χ0) is 13.3. The van der Waals surface area contributed by atoms with Gasteiger partial charge in [0.15, 0.2) is 0 Å². The van der Waals surface area contributed by atoms with Crippen LogP contribution < -0.4 is 0 Å². The molecule has 0 aliphatic heterocycles. The van der Waals surface area contributed by atoms with Gasteiger partial charge >= 0.3 is 5.97 Å². The largest absolute Gasteiger partial charge is 0.481 e. The lowest BCUT2D eigenvalue weighted by Crippen LogP contribution is -2.27. The molecule has 2 rings (SSSR count). The molecule has 1 aromatic carbocycles. The first-order valence-corrected chi connectivity index (χ1v) is 6.32. The number of carboxylic acids is 1. The summed E-state index contributed by atoms with van der Waals surface area (Å²) in [6.45, 7) is 3.33. The van der Waals surface area contributed by atoms with E-state index in [0.29, 0.717) is 0 Å². The summed E-state index contributed by atoms with van der Waals surface area (Å²) in [6, 6.07) is 9.92. The first-order chi connectivity index (χ1) is 8.41. The van der Waals surface area contributed by atoms with Gasteiger partial charge in [-0.15, -0.1) is 11.3 Å². The molecule has 4 heteroatoms. The zero-order valence-corrected chi connectivity index (χ0v) is 10.9. The fourth-order valence-electron chi connectivity index (χ4n) is 1.58. The number of halogens is 1. The Bertz CT molecular complexity index is 587. The summed E-state index contributed by atoms with van der Waals surface area (Å²) >= 11 is 1.38. The molecule has 0 saturated heterocycles. The van der Waals surface area contributed by atoms with E-state index in [9.17, 15) is 9.18 Å². The maximum Gasteiger partial charge on any atom is 0.314 e. The average molecular weight is 264 g/mol. The van der Waals surface area contributed by atoms with Crippen LogP contribution in [0.4, 0.5) is 4.39 Å². The minimum absolute atomic E-state index is 0.292. The van der Waals surface area contributed by atoms with Crippen LogP contribution in [0, 0.1) is 5.82 Å². The third-order valence-corrected chi connectivity index (χ3v) is 4.32. The lowest BCUT2D eigenvalue weighted by molar-refractivity contribution is -0.142. The third kappa shape index (κ3) is 2.29. The highest BCUT2D eigenvalue weighted by molar-refractivity contribution is 7.15. The lowest BCUT2D eigenvalue weighted by atomic mass is 9.92. The first-order valence-electron chi connectivity index (χ1n) is 5.51. The molecule has 0 radical (unpaired) electrons. The molecule has 0 amide bonds. The summed E-state index contributed by atoms with van der Waals surface area (Å²) in [4.78, 5) is 12.8.